The Morgan fingerprint density at radius 2 is 2.06 bits per heavy atom. The van der Waals surface area contributed by atoms with E-state index in [-0.39, 0.29) is 6.10 Å². The van der Waals surface area contributed by atoms with E-state index in [1.54, 1.807) is 10.9 Å². The molecular weight excluding hydrogens is 226 g/mol. The highest BCUT2D eigenvalue weighted by Crippen LogP contribution is 2.08. The van der Waals surface area contributed by atoms with E-state index >= 15 is 0 Å². The summed E-state index contributed by atoms with van der Waals surface area (Å²) in [6, 6.07) is 2.34. The van der Waals surface area contributed by atoms with E-state index in [4.69, 9.17) is 0 Å². The standard InChI is InChI=1S/C14H27N3O/c1-12(2)6-4-7-13(3)15-10-14(18)11-17-9-5-8-16-17/h5,8-9,12-15,18H,4,6-7,10-11H2,1-3H3. The first-order valence-corrected chi connectivity index (χ1v) is 6.96. The Morgan fingerprint density at radius 3 is 2.67 bits per heavy atom. The van der Waals surface area contributed by atoms with Gasteiger partial charge in [-0.3, -0.25) is 4.68 Å². The van der Waals surface area contributed by atoms with Crippen molar-refractivity contribution in [3.63, 3.8) is 0 Å². The predicted molar refractivity (Wildman–Crippen MR) is 74.4 cm³/mol. The van der Waals surface area contributed by atoms with Gasteiger partial charge in [-0.25, -0.2) is 0 Å². The molecule has 104 valence electrons. The Labute approximate surface area is 110 Å². The van der Waals surface area contributed by atoms with Crippen LogP contribution in [-0.2, 0) is 6.54 Å². The normalized spacial score (nSPS) is 14.9. The van der Waals surface area contributed by atoms with Crippen molar-refractivity contribution in [1.29, 1.82) is 0 Å². The van der Waals surface area contributed by atoms with Gasteiger partial charge in [-0.2, -0.15) is 5.10 Å². The second-order valence-corrected chi connectivity index (χ2v) is 5.52. The maximum absolute atomic E-state index is 9.86. The Bertz CT molecular complexity index is 298. The molecule has 1 aromatic heterocycles. The van der Waals surface area contributed by atoms with Crippen LogP contribution in [0.3, 0.4) is 0 Å². The van der Waals surface area contributed by atoms with Gasteiger partial charge in [-0.05, 0) is 25.3 Å². The van der Waals surface area contributed by atoms with Crippen LogP contribution in [0.1, 0.15) is 40.0 Å². The van der Waals surface area contributed by atoms with Crippen molar-refractivity contribution in [2.75, 3.05) is 6.54 Å². The Kier molecular flexibility index (Phi) is 6.98. The van der Waals surface area contributed by atoms with E-state index in [0.29, 0.717) is 19.1 Å². The first kappa shape index (κ1) is 15.2. The molecule has 1 aromatic rings. The highest BCUT2D eigenvalue weighted by Gasteiger charge is 2.08. The number of hydrogen-bond donors (Lipinski definition) is 2. The van der Waals surface area contributed by atoms with Crippen LogP contribution in [0.5, 0.6) is 0 Å². The van der Waals surface area contributed by atoms with Crippen LogP contribution in [0.15, 0.2) is 18.5 Å². The third kappa shape index (κ3) is 6.77. The van der Waals surface area contributed by atoms with Crippen molar-refractivity contribution in [2.45, 2.75) is 58.7 Å². The number of aromatic nitrogens is 2. The zero-order valence-electron chi connectivity index (χ0n) is 11.8. The SMILES string of the molecule is CC(C)CCCC(C)NCC(O)Cn1cccn1. The monoisotopic (exact) mass is 253 g/mol. The zero-order chi connectivity index (χ0) is 13.4. The lowest BCUT2D eigenvalue weighted by Crippen LogP contribution is -2.35. The van der Waals surface area contributed by atoms with Gasteiger partial charge in [0.1, 0.15) is 0 Å². The number of nitrogens with zero attached hydrogens (tertiary/aromatic N) is 2. The second kappa shape index (κ2) is 8.27. The van der Waals surface area contributed by atoms with E-state index in [1.807, 2.05) is 12.3 Å². The summed E-state index contributed by atoms with van der Waals surface area (Å²) in [6.45, 7) is 7.88. The fourth-order valence-electron chi connectivity index (χ4n) is 1.96. The number of hydrogen-bond acceptors (Lipinski definition) is 3. The molecule has 1 heterocycles. The molecule has 0 aliphatic carbocycles. The van der Waals surface area contributed by atoms with E-state index in [9.17, 15) is 5.11 Å². The molecule has 4 heteroatoms. The molecule has 0 amide bonds. The summed E-state index contributed by atoms with van der Waals surface area (Å²) < 4.78 is 1.76. The molecule has 18 heavy (non-hydrogen) atoms. The van der Waals surface area contributed by atoms with Crippen molar-refractivity contribution in [3.8, 4) is 0 Å². The topological polar surface area (TPSA) is 50.1 Å². The highest BCUT2D eigenvalue weighted by molar-refractivity contribution is 4.79. The van der Waals surface area contributed by atoms with Crippen LogP contribution in [0, 0.1) is 5.92 Å². The largest absolute Gasteiger partial charge is 0.390 e. The Morgan fingerprint density at radius 1 is 1.28 bits per heavy atom. The molecule has 0 fully saturated rings. The van der Waals surface area contributed by atoms with Crippen molar-refractivity contribution in [2.24, 2.45) is 5.92 Å². The van der Waals surface area contributed by atoms with Gasteiger partial charge < -0.3 is 10.4 Å². The minimum Gasteiger partial charge on any atom is -0.390 e. The van der Waals surface area contributed by atoms with Crippen molar-refractivity contribution < 1.29 is 5.11 Å². The smallest absolute Gasteiger partial charge is 0.0860 e. The predicted octanol–water partition coefficient (Wildman–Crippen LogP) is 2.05. The van der Waals surface area contributed by atoms with E-state index < -0.39 is 0 Å². The van der Waals surface area contributed by atoms with Crippen LogP contribution in [0.25, 0.3) is 0 Å². The summed E-state index contributed by atoms with van der Waals surface area (Å²) >= 11 is 0. The van der Waals surface area contributed by atoms with E-state index in [2.05, 4.69) is 31.2 Å². The molecule has 0 spiro atoms. The molecule has 1 rings (SSSR count). The van der Waals surface area contributed by atoms with Crippen LogP contribution >= 0.6 is 0 Å². The molecule has 0 aromatic carbocycles. The van der Waals surface area contributed by atoms with Crippen LogP contribution in [0.4, 0.5) is 0 Å². The molecule has 0 saturated carbocycles. The molecule has 2 N–H and O–H groups in total. The highest BCUT2D eigenvalue weighted by atomic mass is 16.3. The van der Waals surface area contributed by atoms with Gasteiger partial charge in [0, 0.05) is 25.0 Å². The average Bonchev–Trinajstić information content (AvgIpc) is 2.78. The fraction of sp³-hybridized carbons (Fsp3) is 0.786. The van der Waals surface area contributed by atoms with Gasteiger partial charge in [0.2, 0.25) is 0 Å². The van der Waals surface area contributed by atoms with E-state index in [0.717, 1.165) is 5.92 Å². The number of aliphatic hydroxyl groups excluding tert-OH is 1. The van der Waals surface area contributed by atoms with Gasteiger partial charge >= 0.3 is 0 Å². The second-order valence-electron chi connectivity index (χ2n) is 5.52. The number of nitrogens with one attached hydrogen (secondary N) is 1. The summed E-state index contributed by atoms with van der Waals surface area (Å²) in [7, 11) is 0. The van der Waals surface area contributed by atoms with Gasteiger partial charge in [-0.15, -0.1) is 0 Å². The third-order valence-corrected chi connectivity index (χ3v) is 3.08. The summed E-state index contributed by atoms with van der Waals surface area (Å²) in [5.74, 6) is 0.780. The summed E-state index contributed by atoms with van der Waals surface area (Å²) in [4.78, 5) is 0. The molecule has 2 atom stereocenters. The summed E-state index contributed by atoms with van der Waals surface area (Å²) in [6.07, 6.45) is 6.93. The van der Waals surface area contributed by atoms with Crippen LogP contribution in [0.2, 0.25) is 0 Å². The maximum Gasteiger partial charge on any atom is 0.0860 e. The molecular formula is C14H27N3O. The van der Waals surface area contributed by atoms with Crippen molar-refractivity contribution >= 4 is 0 Å². The zero-order valence-corrected chi connectivity index (χ0v) is 11.8. The Hall–Kier alpha value is -0.870. The van der Waals surface area contributed by atoms with E-state index in [1.165, 1.54) is 19.3 Å². The van der Waals surface area contributed by atoms with Gasteiger partial charge in [0.05, 0.1) is 12.6 Å². The molecule has 2 unspecified atom stereocenters. The molecule has 4 nitrogen and oxygen atoms in total. The first-order valence-electron chi connectivity index (χ1n) is 6.96. The number of aliphatic hydroxyl groups is 1. The van der Waals surface area contributed by atoms with Crippen LogP contribution in [-0.4, -0.2) is 33.6 Å². The third-order valence-electron chi connectivity index (χ3n) is 3.08. The lowest BCUT2D eigenvalue weighted by atomic mass is 10.0. The molecule has 0 aliphatic heterocycles. The maximum atomic E-state index is 9.86. The summed E-state index contributed by atoms with van der Waals surface area (Å²) in [5, 5.41) is 17.3. The average molecular weight is 253 g/mol. The minimum absolute atomic E-state index is 0.377. The lowest BCUT2D eigenvalue weighted by molar-refractivity contribution is 0.143. The molecule has 0 bridgehead atoms. The first-order chi connectivity index (χ1) is 8.58. The van der Waals surface area contributed by atoms with Crippen LogP contribution < -0.4 is 5.32 Å². The molecule has 0 radical (unpaired) electrons. The number of rotatable bonds is 9. The molecule has 0 saturated heterocycles. The van der Waals surface area contributed by atoms with Gasteiger partial charge in [0.15, 0.2) is 0 Å². The summed E-state index contributed by atoms with van der Waals surface area (Å²) in [5.41, 5.74) is 0. The fourth-order valence-corrected chi connectivity index (χ4v) is 1.96. The van der Waals surface area contributed by atoms with Crippen molar-refractivity contribution in [3.05, 3.63) is 18.5 Å². The van der Waals surface area contributed by atoms with Crippen molar-refractivity contribution in [1.82, 2.24) is 15.1 Å². The minimum atomic E-state index is -0.377. The lowest BCUT2D eigenvalue weighted by Gasteiger charge is -2.17. The van der Waals surface area contributed by atoms with Gasteiger partial charge in [0.25, 0.3) is 0 Å². The van der Waals surface area contributed by atoms with Gasteiger partial charge in [-0.1, -0.05) is 26.7 Å². The molecule has 0 aliphatic rings. The Balaban J connectivity index is 2.08. The quantitative estimate of drug-likeness (QED) is 0.708.